The van der Waals surface area contributed by atoms with Gasteiger partial charge in [0.2, 0.25) is 0 Å². The lowest BCUT2D eigenvalue weighted by Crippen LogP contribution is -2.47. The van der Waals surface area contributed by atoms with Crippen LogP contribution in [-0.4, -0.2) is 57.8 Å². The second-order valence-corrected chi connectivity index (χ2v) is 11.9. The summed E-state index contributed by atoms with van der Waals surface area (Å²) in [5, 5.41) is 7.41. The van der Waals surface area contributed by atoms with Crippen molar-refractivity contribution in [3.8, 4) is 12.8 Å². The van der Waals surface area contributed by atoms with Gasteiger partial charge in [-0.1, -0.05) is 42.3 Å². The molecule has 9 nitrogen and oxygen atoms in total. The molecule has 1 aliphatic heterocycles. The average Bonchev–Trinajstić information content (AvgIpc) is 3.46. The van der Waals surface area contributed by atoms with E-state index in [2.05, 4.69) is 40.2 Å². The Morgan fingerprint density at radius 1 is 1.16 bits per heavy atom. The molecule has 0 radical (unpaired) electrons. The minimum absolute atomic E-state index is 0.0599. The van der Waals surface area contributed by atoms with E-state index in [1.54, 1.807) is 18.7 Å². The molecule has 44 heavy (non-hydrogen) atoms. The van der Waals surface area contributed by atoms with Crippen molar-refractivity contribution >= 4 is 29.3 Å². The van der Waals surface area contributed by atoms with E-state index in [0.717, 1.165) is 72.7 Å². The van der Waals surface area contributed by atoms with Crippen LogP contribution in [0.25, 0.3) is 11.6 Å². The van der Waals surface area contributed by atoms with Crippen LogP contribution in [0.4, 0.5) is 4.79 Å². The van der Waals surface area contributed by atoms with Crippen molar-refractivity contribution in [2.45, 2.75) is 63.5 Å². The van der Waals surface area contributed by atoms with Gasteiger partial charge in [-0.15, -0.1) is 17.8 Å². The number of amides is 1. The minimum atomic E-state index is -1.12. The number of imidazole rings is 1. The molecule has 2 aliphatic carbocycles. The molecule has 3 aromatic rings. The zero-order valence-corrected chi connectivity index (χ0v) is 26.5. The summed E-state index contributed by atoms with van der Waals surface area (Å²) in [6.45, 7) is 7.28. The number of aromatic nitrogens is 3. The van der Waals surface area contributed by atoms with Crippen molar-refractivity contribution in [2.75, 3.05) is 26.2 Å². The summed E-state index contributed by atoms with van der Waals surface area (Å²) >= 11 is 6.33. The van der Waals surface area contributed by atoms with E-state index in [0.29, 0.717) is 5.02 Å². The topological polar surface area (TPSA) is 102 Å². The maximum atomic E-state index is 12.2. The minimum Gasteiger partial charge on any atom is -0.446 e. The molecule has 3 aliphatic rings. The number of carbonyl (C=O) groups is 1. The number of nitrogens with zero attached hydrogens (tertiary/aromatic N) is 5. The van der Waals surface area contributed by atoms with E-state index >= 15 is 0 Å². The van der Waals surface area contributed by atoms with Crippen LogP contribution < -0.4 is 5.32 Å². The molecule has 1 saturated carbocycles. The number of aryl methyl sites for hydroxylation is 1. The molecule has 10 heteroatoms. The van der Waals surface area contributed by atoms with Crippen LogP contribution in [0, 0.1) is 17.8 Å². The second kappa shape index (κ2) is 15.1. The zero-order valence-electron chi connectivity index (χ0n) is 25.7. The van der Waals surface area contributed by atoms with E-state index in [1.807, 2.05) is 59.8 Å². The molecular formula is C34H41ClN6O3. The first-order valence-electron chi connectivity index (χ1n) is 15.1. The van der Waals surface area contributed by atoms with Crippen LogP contribution in [-0.2, 0) is 17.3 Å². The number of fused-ring (bicyclic) bond motifs is 2. The van der Waals surface area contributed by atoms with Gasteiger partial charge >= 0.3 is 6.09 Å². The Labute approximate surface area is 265 Å². The Bertz CT molecular complexity index is 1490. The number of rotatable bonds is 4. The lowest BCUT2D eigenvalue weighted by atomic mass is 9.81. The standard InChI is InChI=1S/C21H19ClN4O.C11H20N2O2.C2H2/c1-13-16-7-6-15(22)10-17(16)18(9-14-5-4-8-24-20(13)14)21(2,25-27)19-11-23-12-26(19)3;14-11(13-8-6-12-7-9-13)15-10-4-2-1-3-5-10;1-2/h4-13H,1-3H3;10,12H,1-9H2;1-2H/t13-,21?;;/m0../s1. The van der Waals surface area contributed by atoms with Crippen LogP contribution in [0.1, 0.15) is 79.9 Å². The third-order valence-electron chi connectivity index (χ3n) is 8.57. The maximum absolute atomic E-state index is 12.2. The number of nitrogens with one attached hydrogen (secondary N) is 1. The summed E-state index contributed by atoms with van der Waals surface area (Å²) < 4.78 is 7.31. The van der Waals surface area contributed by atoms with E-state index in [-0.39, 0.29) is 18.1 Å². The number of benzene rings is 1. The van der Waals surface area contributed by atoms with E-state index in [1.165, 1.54) is 19.3 Å². The highest BCUT2D eigenvalue weighted by Crippen LogP contribution is 2.46. The fourth-order valence-electron chi connectivity index (χ4n) is 6.14. The smallest absolute Gasteiger partial charge is 0.410 e. The molecule has 1 unspecified atom stereocenters. The van der Waals surface area contributed by atoms with Gasteiger partial charge in [-0.3, -0.25) is 4.98 Å². The van der Waals surface area contributed by atoms with Crippen molar-refractivity contribution in [3.63, 3.8) is 0 Å². The van der Waals surface area contributed by atoms with E-state index in [4.69, 9.17) is 16.3 Å². The first-order chi connectivity index (χ1) is 21.3. The molecular weight excluding hydrogens is 576 g/mol. The van der Waals surface area contributed by atoms with Crippen LogP contribution in [0.15, 0.2) is 54.2 Å². The number of ether oxygens (including phenoxy) is 1. The third-order valence-corrected chi connectivity index (χ3v) is 8.81. The summed E-state index contributed by atoms with van der Waals surface area (Å²) in [6.07, 6.45) is 21.1. The SMILES string of the molecule is C#C.C[C@H]1c2ccc(Cl)cc2C(C(C)(N=O)c2cncn2C)=Cc2cccnc21.O=C(OC1CCCCC1)N1CCNCC1. The predicted molar refractivity (Wildman–Crippen MR) is 175 cm³/mol. The molecule has 1 aromatic carbocycles. The normalized spacial score (nSPS) is 19.2. The number of nitroso groups, excluding NO2 is 1. The highest BCUT2D eigenvalue weighted by Gasteiger charge is 2.39. The Kier molecular flexibility index (Phi) is 11.3. The summed E-state index contributed by atoms with van der Waals surface area (Å²) in [5.74, 6) is 0.0599. The monoisotopic (exact) mass is 616 g/mol. The Morgan fingerprint density at radius 3 is 2.55 bits per heavy atom. The number of carbonyl (C=O) groups excluding carboxylic acids is 1. The van der Waals surface area contributed by atoms with Crippen molar-refractivity contribution in [2.24, 2.45) is 12.2 Å². The largest absolute Gasteiger partial charge is 0.446 e. The van der Waals surface area contributed by atoms with Crippen molar-refractivity contribution < 1.29 is 9.53 Å². The molecule has 1 N–H and O–H groups in total. The molecule has 1 amide bonds. The number of hydrogen-bond donors (Lipinski definition) is 1. The number of halogens is 1. The van der Waals surface area contributed by atoms with Crippen LogP contribution in [0.5, 0.6) is 0 Å². The fraction of sp³-hybridized carbons (Fsp3) is 0.441. The zero-order chi connectivity index (χ0) is 31.7. The fourth-order valence-corrected chi connectivity index (χ4v) is 6.32. The lowest BCUT2D eigenvalue weighted by Gasteiger charge is -2.29. The summed E-state index contributed by atoms with van der Waals surface area (Å²) in [6, 6.07) is 9.71. The average molecular weight is 617 g/mol. The van der Waals surface area contributed by atoms with Gasteiger partial charge in [0.1, 0.15) is 6.10 Å². The van der Waals surface area contributed by atoms with Crippen LogP contribution in [0.3, 0.4) is 0 Å². The number of piperazine rings is 1. The molecule has 3 heterocycles. The van der Waals surface area contributed by atoms with Crippen LogP contribution >= 0.6 is 11.6 Å². The predicted octanol–water partition coefficient (Wildman–Crippen LogP) is 6.77. The molecule has 2 fully saturated rings. The van der Waals surface area contributed by atoms with Gasteiger partial charge in [0, 0.05) is 50.4 Å². The molecule has 2 atom stereocenters. The molecule has 232 valence electrons. The Morgan fingerprint density at radius 2 is 1.89 bits per heavy atom. The van der Waals surface area contributed by atoms with Crippen molar-refractivity contribution in [3.05, 3.63) is 87.1 Å². The van der Waals surface area contributed by atoms with Gasteiger partial charge in [-0.25, -0.2) is 9.78 Å². The van der Waals surface area contributed by atoms with Gasteiger partial charge in [0.15, 0.2) is 5.54 Å². The van der Waals surface area contributed by atoms with Crippen molar-refractivity contribution in [1.82, 2.24) is 24.8 Å². The summed E-state index contributed by atoms with van der Waals surface area (Å²) in [5.41, 5.74) is 4.31. The van der Waals surface area contributed by atoms with Gasteiger partial charge in [-0.05, 0) is 79.1 Å². The van der Waals surface area contributed by atoms with Gasteiger partial charge < -0.3 is 19.5 Å². The van der Waals surface area contributed by atoms with Gasteiger partial charge in [0.05, 0.1) is 23.9 Å². The first-order valence-corrected chi connectivity index (χ1v) is 15.5. The van der Waals surface area contributed by atoms with Gasteiger partial charge in [-0.2, -0.15) is 0 Å². The molecule has 6 rings (SSSR count). The second-order valence-electron chi connectivity index (χ2n) is 11.4. The third kappa shape index (κ3) is 7.20. The molecule has 1 saturated heterocycles. The number of pyridine rings is 1. The molecule has 2 aromatic heterocycles. The van der Waals surface area contributed by atoms with E-state index in [9.17, 15) is 9.70 Å². The molecule has 0 spiro atoms. The Hall–Kier alpha value is -4.00. The number of hydrogen-bond acceptors (Lipinski definition) is 7. The number of terminal acetylenes is 1. The highest BCUT2D eigenvalue weighted by molar-refractivity contribution is 6.30. The Balaban J connectivity index is 0.000000220. The quantitative estimate of drug-likeness (QED) is 0.256. The van der Waals surface area contributed by atoms with E-state index < -0.39 is 5.54 Å². The first kappa shape index (κ1) is 32.9. The summed E-state index contributed by atoms with van der Waals surface area (Å²) in [4.78, 5) is 34.5. The maximum Gasteiger partial charge on any atom is 0.410 e. The summed E-state index contributed by atoms with van der Waals surface area (Å²) in [7, 11) is 1.86. The highest BCUT2D eigenvalue weighted by atomic mass is 35.5. The van der Waals surface area contributed by atoms with Crippen LogP contribution in [0.2, 0.25) is 5.02 Å². The van der Waals surface area contributed by atoms with Gasteiger partial charge in [0.25, 0.3) is 0 Å². The molecule has 0 bridgehead atoms. The lowest BCUT2D eigenvalue weighted by molar-refractivity contribution is 0.0433. The van der Waals surface area contributed by atoms with Crippen molar-refractivity contribution in [1.29, 1.82) is 0 Å².